The molecule has 0 fully saturated rings. The number of aromatic amines is 1. The van der Waals surface area contributed by atoms with Crippen LogP contribution in [0.25, 0.3) is 10.6 Å². The van der Waals surface area contributed by atoms with E-state index in [1.165, 1.54) is 12.1 Å². The van der Waals surface area contributed by atoms with Crippen LogP contribution in [0, 0.1) is 17.1 Å². The quantitative estimate of drug-likeness (QED) is 0.748. The summed E-state index contributed by atoms with van der Waals surface area (Å²) in [6.45, 7) is 0. The molecule has 0 saturated heterocycles. The molecule has 0 amide bonds. The van der Waals surface area contributed by atoms with E-state index in [4.69, 9.17) is 10.5 Å². The van der Waals surface area contributed by atoms with Gasteiger partial charge in [0.2, 0.25) is 11.8 Å². The Morgan fingerprint density at radius 1 is 1.29 bits per heavy atom. The molecule has 0 saturated carbocycles. The minimum absolute atomic E-state index is 0.0172. The van der Waals surface area contributed by atoms with Gasteiger partial charge in [0.1, 0.15) is 17.5 Å². The van der Waals surface area contributed by atoms with Crippen LogP contribution in [0.15, 0.2) is 53.2 Å². The van der Waals surface area contributed by atoms with Crippen molar-refractivity contribution in [1.82, 2.24) is 10.2 Å². The second-order valence-electron chi connectivity index (χ2n) is 5.27. The van der Waals surface area contributed by atoms with Crippen LogP contribution in [0.5, 0.6) is 5.88 Å². The minimum atomic E-state index is -0.463. The van der Waals surface area contributed by atoms with Crippen LogP contribution in [0.2, 0.25) is 0 Å². The standard InChI is InChI=1S/C17H11FN4OS/c18-10-5-3-9(4-6-10)13-11(8-19)16(20)23-17-14(13)15(21-22-17)12-2-1-7-24-12/h1-7,13H,20H2,(H,21,22). The first-order valence-corrected chi connectivity index (χ1v) is 8.02. The number of nitrogens with zero attached hydrogens (tertiary/aromatic N) is 2. The van der Waals surface area contributed by atoms with E-state index in [1.807, 2.05) is 17.5 Å². The summed E-state index contributed by atoms with van der Waals surface area (Å²) in [5.74, 6) is -0.449. The molecular weight excluding hydrogens is 327 g/mol. The fraction of sp³-hybridized carbons (Fsp3) is 0.0588. The topological polar surface area (TPSA) is 87.7 Å². The number of nitriles is 1. The van der Waals surface area contributed by atoms with Gasteiger partial charge in [0.25, 0.3) is 0 Å². The average molecular weight is 338 g/mol. The molecule has 4 rings (SSSR count). The van der Waals surface area contributed by atoms with E-state index in [0.717, 1.165) is 21.7 Å². The smallest absolute Gasteiger partial charge is 0.244 e. The Labute approximate surface area is 140 Å². The number of rotatable bonds is 2. The maximum atomic E-state index is 13.3. The number of hydrogen-bond acceptors (Lipinski definition) is 5. The monoisotopic (exact) mass is 338 g/mol. The van der Waals surface area contributed by atoms with Crippen molar-refractivity contribution in [2.45, 2.75) is 5.92 Å². The third kappa shape index (κ3) is 2.16. The maximum Gasteiger partial charge on any atom is 0.244 e. The summed E-state index contributed by atoms with van der Waals surface area (Å²) in [6.07, 6.45) is 0. The summed E-state index contributed by atoms with van der Waals surface area (Å²) in [6, 6.07) is 12.0. The molecule has 118 valence electrons. The van der Waals surface area contributed by atoms with Gasteiger partial charge < -0.3 is 10.5 Å². The van der Waals surface area contributed by atoms with E-state index in [1.54, 1.807) is 23.5 Å². The van der Waals surface area contributed by atoms with Crippen LogP contribution in [-0.2, 0) is 0 Å². The molecule has 1 aliphatic heterocycles. The highest BCUT2D eigenvalue weighted by atomic mass is 32.1. The molecular formula is C17H11FN4OS. The third-order valence-corrected chi connectivity index (χ3v) is 4.80. The van der Waals surface area contributed by atoms with E-state index < -0.39 is 5.92 Å². The third-order valence-electron chi connectivity index (χ3n) is 3.91. The zero-order chi connectivity index (χ0) is 16.7. The van der Waals surface area contributed by atoms with Crippen LogP contribution in [0.3, 0.4) is 0 Å². The first-order chi connectivity index (χ1) is 11.7. The van der Waals surface area contributed by atoms with Crippen molar-refractivity contribution in [3.63, 3.8) is 0 Å². The molecule has 2 aromatic heterocycles. The Morgan fingerprint density at radius 2 is 2.08 bits per heavy atom. The highest BCUT2D eigenvalue weighted by Crippen LogP contribution is 2.46. The second-order valence-corrected chi connectivity index (χ2v) is 6.22. The number of nitrogens with two attached hydrogens (primary N) is 1. The Kier molecular flexibility index (Phi) is 3.32. The lowest BCUT2D eigenvalue weighted by atomic mass is 9.84. The fourth-order valence-electron chi connectivity index (χ4n) is 2.84. The van der Waals surface area contributed by atoms with E-state index >= 15 is 0 Å². The molecule has 1 atom stereocenters. The molecule has 24 heavy (non-hydrogen) atoms. The van der Waals surface area contributed by atoms with Gasteiger partial charge in [-0.25, -0.2) is 4.39 Å². The summed E-state index contributed by atoms with van der Waals surface area (Å²) < 4.78 is 18.8. The first kappa shape index (κ1) is 14.5. The second kappa shape index (κ2) is 5.51. The summed E-state index contributed by atoms with van der Waals surface area (Å²) >= 11 is 1.55. The zero-order valence-corrected chi connectivity index (χ0v) is 13.1. The maximum absolute atomic E-state index is 13.3. The van der Waals surface area contributed by atoms with Crippen molar-refractivity contribution >= 4 is 11.3 Å². The first-order valence-electron chi connectivity index (χ1n) is 7.14. The predicted molar refractivity (Wildman–Crippen MR) is 87.6 cm³/mol. The van der Waals surface area contributed by atoms with Crippen LogP contribution >= 0.6 is 11.3 Å². The number of ether oxygens (including phenoxy) is 1. The van der Waals surface area contributed by atoms with Crippen molar-refractivity contribution in [3.8, 4) is 22.5 Å². The van der Waals surface area contributed by atoms with Gasteiger partial charge in [-0.15, -0.1) is 16.4 Å². The molecule has 3 aromatic rings. The fourth-order valence-corrected chi connectivity index (χ4v) is 3.58. The number of H-pyrrole nitrogens is 1. The van der Waals surface area contributed by atoms with Gasteiger partial charge in [0.15, 0.2) is 0 Å². The number of fused-ring (bicyclic) bond motifs is 1. The Morgan fingerprint density at radius 3 is 2.75 bits per heavy atom. The molecule has 1 aliphatic rings. The summed E-state index contributed by atoms with van der Waals surface area (Å²) in [4.78, 5) is 0.970. The van der Waals surface area contributed by atoms with E-state index in [0.29, 0.717) is 5.88 Å². The lowest BCUT2D eigenvalue weighted by Gasteiger charge is -2.23. The molecule has 0 aliphatic carbocycles. The van der Waals surface area contributed by atoms with Crippen molar-refractivity contribution in [1.29, 1.82) is 5.26 Å². The van der Waals surface area contributed by atoms with Crippen LogP contribution < -0.4 is 10.5 Å². The van der Waals surface area contributed by atoms with Gasteiger partial charge in [-0.05, 0) is 29.1 Å². The molecule has 5 nitrogen and oxygen atoms in total. The lowest BCUT2D eigenvalue weighted by Crippen LogP contribution is -2.20. The molecule has 3 N–H and O–H groups in total. The largest absolute Gasteiger partial charge is 0.420 e. The van der Waals surface area contributed by atoms with Crippen molar-refractivity contribution < 1.29 is 9.13 Å². The van der Waals surface area contributed by atoms with Crippen molar-refractivity contribution in [2.24, 2.45) is 5.73 Å². The van der Waals surface area contributed by atoms with E-state index in [2.05, 4.69) is 16.3 Å². The SMILES string of the molecule is N#CC1=C(N)Oc2n[nH]c(-c3cccs3)c2C1c1ccc(F)cc1. The highest BCUT2D eigenvalue weighted by Gasteiger charge is 2.35. The lowest BCUT2D eigenvalue weighted by molar-refractivity contribution is 0.379. The summed E-state index contributed by atoms with van der Waals surface area (Å²) in [7, 11) is 0. The normalized spacial score (nSPS) is 16.4. The molecule has 1 aromatic carbocycles. The van der Waals surface area contributed by atoms with E-state index in [9.17, 15) is 9.65 Å². The predicted octanol–water partition coefficient (Wildman–Crippen LogP) is 3.50. The van der Waals surface area contributed by atoms with Gasteiger partial charge in [-0.2, -0.15) is 5.26 Å². The Balaban J connectivity index is 1.95. The number of nitrogens with one attached hydrogen (secondary N) is 1. The Bertz CT molecular complexity index is 967. The van der Waals surface area contributed by atoms with Crippen LogP contribution in [0.1, 0.15) is 17.0 Å². The number of allylic oxidation sites excluding steroid dienone is 1. The van der Waals surface area contributed by atoms with Crippen molar-refractivity contribution in [2.75, 3.05) is 0 Å². The Hall–Kier alpha value is -3.11. The molecule has 1 unspecified atom stereocenters. The van der Waals surface area contributed by atoms with Gasteiger partial charge in [0, 0.05) is 0 Å². The molecule has 0 radical (unpaired) electrons. The number of halogens is 1. The average Bonchev–Trinajstić information content (AvgIpc) is 3.23. The molecule has 0 bridgehead atoms. The summed E-state index contributed by atoms with van der Waals surface area (Å²) in [5.41, 5.74) is 8.44. The van der Waals surface area contributed by atoms with Gasteiger partial charge >= 0.3 is 0 Å². The van der Waals surface area contributed by atoms with Crippen LogP contribution in [0.4, 0.5) is 4.39 Å². The highest BCUT2D eigenvalue weighted by molar-refractivity contribution is 7.13. The van der Waals surface area contributed by atoms with Gasteiger partial charge in [-0.3, -0.25) is 5.10 Å². The molecule has 0 spiro atoms. The van der Waals surface area contributed by atoms with Gasteiger partial charge in [-0.1, -0.05) is 18.2 Å². The van der Waals surface area contributed by atoms with E-state index in [-0.39, 0.29) is 17.3 Å². The number of hydrogen-bond donors (Lipinski definition) is 2. The minimum Gasteiger partial charge on any atom is -0.420 e. The zero-order valence-electron chi connectivity index (χ0n) is 12.3. The van der Waals surface area contributed by atoms with Gasteiger partial charge in [0.05, 0.1) is 22.1 Å². The number of aromatic nitrogens is 2. The number of thiophene rings is 1. The van der Waals surface area contributed by atoms with Crippen molar-refractivity contribution in [3.05, 3.63) is 70.2 Å². The summed E-state index contributed by atoms with van der Waals surface area (Å²) in [5, 5.41) is 18.7. The van der Waals surface area contributed by atoms with Crippen LogP contribution in [-0.4, -0.2) is 10.2 Å². The molecule has 3 heterocycles. The number of benzene rings is 1. The molecule has 7 heteroatoms.